The van der Waals surface area contributed by atoms with Crippen LogP contribution in [0.5, 0.6) is 0 Å². The summed E-state index contributed by atoms with van der Waals surface area (Å²) in [4.78, 5) is 17.0. The second-order valence-electron chi connectivity index (χ2n) is 11.7. The highest BCUT2D eigenvalue weighted by atomic mass is 31.2. The van der Waals surface area contributed by atoms with Crippen molar-refractivity contribution in [3.8, 4) is 0 Å². The van der Waals surface area contributed by atoms with Gasteiger partial charge in [-0.25, -0.2) is 19.5 Å². The number of nitrogens with one attached hydrogen (secondary N) is 1. The highest BCUT2D eigenvalue weighted by molar-refractivity contribution is 7.50. The van der Waals surface area contributed by atoms with Crippen LogP contribution in [-0.4, -0.2) is 69.3 Å². The number of phosphoric ester groups is 1. The van der Waals surface area contributed by atoms with Gasteiger partial charge < -0.3 is 18.4 Å². The van der Waals surface area contributed by atoms with Gasteiger partial charge in [0.05, 0.1) is 12.9 Å². The van der Waals surface area contributed by atoms with Crippen LogP contribution < -0.4 is 4.98 Å². The van der Waals surface area contributed by atoms with Gasteiger partial charge in [-0.15, -0.1) is 0 Å². The predicted octanol–water partition coefficient (Wildman–Crippen LogP) is 4.57. The Labute approximate surface area is 203 Å². The van der Waals surface area contributed by atoms with Crippen molar-refractivity contribution in [2.45, 2.75) is 83.5 Å². The molecule has 1 N–H and O–H groups in total. The fourth-order valence-electron chi connectivity index (χ4n) is 3.94. The van der Waals surface area contributed by atoms with Gasteiger partial charge >= 0.3 is 7.82 Å². The monoisotopic (exact) mass is 545 g/mol. The normalized spacial score (nSPS) is 30.5. The van der Waals surface area contributed by atoms with Crippen molar-refractivity contribution < 1.29 is 27.0 Å². The van der Waals surface area contributed by atoms with Crippen LogP contribution in [0, 0.1) is 0 Å². The van der Waals surface area contributed by atoms with Crippen LogP contribution in [0.4, 0.5) is 5.82 Å². The Morgan fingerprint density at radius 3 is 2.38 bits per heavy atom. The molecule has 2 aromatic rings. The summed E-state index contributed by atoms with van der Waals surface area (Å²) in [6.45, 7) is 18.8. The summed E-state index contributed by atoms with van der Waals surface area (Å²) in [6, 6.07) is 0. The van der Waals surface area contributed by atoms with Gasteiger partial charge in [-0.05, 0) is 39.3 Å². The van der Waals surface area contributed by atoms with E-state index in [0.29, 0.717) is 17.0 Å². The fraction of sp³-hybridized carbons (Fsp3) is 0.737. The van der Waals surface area contributed by atoms with Gasteiger partial charge in [0.1, 0.15) is 44.2 Å². The number of hydrogen-bond acceptors (Lipinski definition) is 10. The quantitative estimate of drug-likeness (QED) is 0.391. The summed E-state index contributed by atoms with van der Waals surface area (Å²) in [5.41, 5.74) is 1.30. The molecule has 190 valence electrons. The third-order valence-corrected chi connectivity index (χ3v) is 11.0. The van der Waals surface area contributed by atoms with Crippen LogP contribution in [0.2, 0.25) is 58.9 Å². The average Bonchev–Trinajstić information content (AvgIpc) is 3.20. The summed E-state index contributed by atoms with van der Waals surface area (Å²) >= 11 is 0. The lowest BCUT2D eigenvalue weighted by atomic mass is 10.1. The number of imidazole rings is 1. The van der Waals surface area contributed by atoms with Crippen LogP contribution in [0.3, 0.4) is 0 Å². The van der Waals surface area contributed by atoms with E-state index >= 15 is 0 Å². The van der Waals surface area contributed by atoms with E-state index in [-0.39, 0.29) is 6.61 Å². The summed E-state index contributed by atoms with van der Waals surface area (Å²) < 4.78 is 45.5. The minimum absolute atomic E-state index is 0.0958. The standard InChI is InChI=1S/C19H36N5O6PSi3/c1-32(2,3)23-17-14-18(21-11-20-17)24(12-22-14)19-16(29-33(4,5)6)15-13(27-19)10-26-31(25,28-15)30-34(7,8)9/h11-13,15-16,19H,10H2,1-9H3,(H,20,21,23)/t13-,15-,16-,19-,31?/m1/s1. The number of fused-ring (bicyclic) bond motifs is 2. The highest BCUT2D eigenvalue weighted by Gasteiger charge is 2.56. The Balaban J connectivity index is 1.70. The number of ether oxygens (including phenoxy) is 1. The average molecular weight is 546 g/mol. The molecule has 2 aliphatic rings. The second kappa shape index (κ2) is 8.85. The molecule has 15 heteroatoms. The molecular formula is C19H36N5O6PSi3. The lowest BCUT2D eigenvalue weighted by molar-refractivity contribution is -0.0655. The highest BCUT2D eigenvalue weighted by Crippen LogP contribution is 2.58. The maximum absolute atomic E-state index is 13.3. The molecule has 11 nitrogen and oxygen atoms in total. The Morgan fingerprint density at radius 2 is 1.76 bits per heavy atom. The van der Waals surface area contributed by atoms with Crippen LogP contribution in [0.15, 0.2) is 12.7 Å². The molecule has 0 bridgehead atoms. The molecule has 2 saturated heterocycles. The molecule has 2 aliphatic heterocycles. The summed E-state index contributed by atoms with van der Waals surface area (Å²) in [7, 11) is -9.63. The van der Waals surface area contributed by atoms with Crippen molar-refractivity contribution in [1.82, 2.24) is 19.5 Å². The molecule has 2 aromatic heterocycles. The van der Waals surface area contributed by atoms with Crippen molar-refractivity contribution >= 4 is 49.7 Å². The van der Waals surface area contributed by atoms with Gasteiger partial charge in [0, 0.05) is 0 Å². The Morgan fingerprint density at radius 1 is 1.06 bits per heavy atom. The van der Waals surface area contributed by atoms with Gasteiger partial charge in [0.2, 0.25) is 0 Å². The van der Waals surface area contributed by atoms with Crippen LogP contribution in [0.1, 0.15) is 6.23 Å². The molecule has 4 rings (SSSR count). The van der Waals surface area contributed by atoms with Gasteiger partial charge in [-0.2, -0.15) is 0 Å². The van der Waals surface area contributed by atoms with E-state index in [2.05, 4.69) is 59.2 Å². The molecule has 4 heterocycles. The molecule has 0 spiro atoms. The number of hydrogen-bond donors (Lipinski definition) is 1. The minimum Gasteiger partial charge on any atom is -0.407 e. The zero-order chi connectivity index (χ0) is 25.1. The van der Waals surface area contributed by atoms with E-state index in [0.717, 1.165) is 0 Å². The van der Waals surface area contributed by atoms with E-state index < -0.39 is 57.2 Å². The molecule has 5 atom stereocenters. The lowest BCUT2D eigenvalue weighted by Gasteiger charge is -2.36. The van der Waals surface area contributed by atoms with Crippen LogP contribution in [-0.2, 0) is 27.0 Å². The first-order chi connectivity index (χ1) is 15.5. The van der Waals surface area contributed by atoms with Crippen LogP contribution >= 0.6 is 7.82 Å². The van der Waals surface area contributed by atoms with Crippen molar-refractivity contribution in [3.05, 3.63) is 12.7 Å². The van der Waals surface area contributed by atoms with E-state index in [9.17, 15) is 4.57 Å². The van der Waals surface area contributed by atoms with Gasteiger partial charge in [-0.3, -0.25) is 13.6 Å². The van der Waals surface area contributed by atoms with E-state index in [4.69, 9.17) is 22.4 Å². The maximum Gasteiger partial charge on any atom is 0.465 e. The number of anilines is 1. The zero-order valence-electron chi connectivity index (χ0n) is 21.4. The number of aromatic nitrogens is 4. The van der Waals surface area contributed by atoms with Crippen molar-refractivity contribution in [3.63, 3.8) is 0 Å². The molecule has 0 aromatic carbocycles. The molecule has 1 unspecified atom stereocenters. The first kappa shape index (κ1) is 26.1. The Kier molecular flexibility index (Phi) is 6.80. The summed E-state index contributed by atoms with van der Waals surface area (Å²) in [5.74, 6) is 0.702. The molecule has 0 amide bonds. The number of rotatable bonds is 7. The Hall–Kier alpha value is -0.969. The first-order valence-corrected chi connectivity index (χ1v) is 23.2. The predicted molar refractivity (Wildman–Crippen MR) is 137 cm³/mol. The fourth-order valence-corrected chi connectivity index (χ4v) is 9.91. The van der Waals surface area contributed by atoms with E-state index in [1.165, 1.54) is 6.33 Å². The molecule has 0 aliphatic carbocycles. The van der Waals surface area contributed by atoms with Gasteiger partial charge in [0.25, 0.3) is 0 Å². The third-order valence-electron chi connectivity index (χ3n) is 4.93. The second-order valence-corrected chi connectivity index (χ2v) is 27.2. The first-order valence-electron chi connectivity index (χ1n) is 11.5. The number of nitrogens with zero attached hydrogens (tertiary/aromatic N) is 4. The topological polar surface area (TPSA) is 119 Å². The maximum atomic E-state index is 13.3. The molecule has 0 radical (unpaired) electrons. The number of phosphoric acid groups is 1. The summed E-state index contributed by atoms with van der Waals surface area (Å²) in [5, 5.41) is 0. The SMILES string of the molecule is C[Si](C)(C)Nc1ncnc2c1ncn2[C@@H]1O[C@@H]2COP(=O)(O[Si](C)(C)C)O[C@H]2[C@H]1O[Si](C)(C)C. The molecule has 34 heavy (non-hydrogen) atoms. The zero-order valence-corrected chi connectivity index (χ0v) is 25.3. The van der Waals surface area contributed by atoms with E-state index in [1.54, 1.807) is 6.33 Å². The largest absolute Gasteiger partial charge is 0.465 e. The minimum atomic E-state index is -3.73. The lowest BCUT2D eigenvalue weighted by Crippen LogP contribution is -2.46. The van der Waals surface area contributed by atoms with Crippen molar-refractivity contribution in [1.29, 1.82) is 0 Å². The molecule has 0 saturated carbocycles. The van der Waals surface area contributed by atoms with Gasteiger partial charge in [-0.1, -0.05) is 19.6 Å². The molecule has 2 fully saturated rings. The molecular weight excluding hydrogens is 509 g/mol. The Bertz CT molecular complexity index is 1100. The van der Waals surface area contributed by atoms with Crippen molar-refractivity contribution in [2.24, 2.45) is 0 Å². The van der Waals surface area contributed by atoms with Crippen molar-refractivity contribution in [2.75, 3.05) is 11.6 Å². The van der Waals surface area contributed by atoms with Gasteiger partial charge in [0.15, 0.2) is 28.5 Å². The summed E-state index contributed by atoms with van der Waals surface area (Å²) in [6.07, 6.45) is 1.04. The van der Waals surface area contributed by atoms with E-state index in [1.807, 2.05) is 24.2 Å². The van der Waals surface area contributed by atoms with Crippen LogP contribution in [0.25, 0.3) is 11.2 Å². The smallest absolute Gasteiger partial charge is 0.407 e. The third kappa shape index (κ3) is 5.87.